The molecule has 3 rings (SSSR count). The Morgan fingerprint density at radius 1 is 1.00 bits per heavy atom. The maximum atomic E-state index is 5.49. The van der Waals surface area contributed by atoms with E-state index in [1.165, 1.54) is 0 Å². The number of rotatable bonds is 0. The van der Waals surface area contributed by atoms with E-state index in [4.69, 9.17) is 4.74 Å². The predicted octanol–water partition coefficient (Wildman–Crippen LogP) is 2.84. The fraction of sp³-hybridized carbons (Fsp3) is 0. The summed E-state index contributed by atoms with van der Waals surface area (Å²) in [5.74, 6) is 0.888. The summed E-state index contributed by atoms with van der Waals surface area (Å²) in [6.07, 6.45) is 5.71. The Morgan fingerprint density at radius 3 is 2.93 bits per heavy atom. The lowest BCUT2D eigenvalue weighted by molar-refractivity contribution is 0.485. The van der Waals surface area contributed by atoms with Crippen molar-refractivity contribution in [3.8, 4) is 11.4 Å². The molecule has 2 heterocycles. The molecule has 0 spiro atoms. The first-order valence-corrected chi connectivity index (χ1v) is 4.55. The Bertz CT molecular complexity index is 497. The molecule has 68 valence electrons. The van der Waals surface area contributed by atoms with Crippen LogP contribution in [0, 0.1) is 0 Å². The first-order valence-electron chi connectivity index (χ1n) is 4.55. The van der Waals surface area contributed by atoms with Crippen LogP contribution < -0.4 is 4.74 Å². The first-order chi connectivity index (χ1) is 6.95. The highest BCUT2D eigenvalue weighted by molar-refractivity contribution is 5.57. The van der Waals surface area contributed by atoms with Crippen molar-refractivity contribution < 1.29 is 4.74 Å². The van der Waals surface area contributed by atoms with Crippen LogP contribution in [0.15, 0.2) is 48.9 Å². The summed E-state index contributed by atoms with van der Waals surface area (Å²) in [4.78, 5) is 0. The molecule has 2 nitrogen and oxygen atoms in total. The molecule has 14 heavy (non-hydrogen) atoms. The third-order valence-electron chi connectivity index (χ3n) is 2.34. The number of fused-ring (bicyclic) bond motifs is 3. The number of nitrogens with zero attached hydrogens (tertiary/aromatic N) is 1. The van der Waals surface area contributed by atoms with Gasteiger partial charge in [-0.1, -0.05) is 12.1 Å². The van der Waals surface area contributed by atoms with E-state index in [1.54, 1.807) is 6.26 Å². The molecule has 0 amide bonds. The van der Waals surface area contributed by atoms with Crippen molar-refractivity contribution in [2.24, 2.45) is 0 Å². The van der Waals surface area contributed by atoms with Crippen LogP contribution >= 0.6 is 0 Å². The Kier molecular flexibility index (Phi) is 1.47. The van der Waals surface area contributed by atoms with E-state index in [0.29, 0.717) is 0 Å². The average molecular weight is 183 g/mol. The topological polar surface area (TPSA) is 14.2 Å². The highest BCUT2D eigenvalue weighted by atomic mass is 16.5. The number of hydrogen-bond acceptors (Lipinski definition) is 1. The number of hydrogen-bond donors (Lipinski definition) is 0. The van der Waals surface area contributed by atoms with E-state index in [2.05, 4.69) is 10.6 Å². The van der Waals surface area contributed by atoms with Crippen LogP contribution in [-0.4, -0.2) is 4.57 Å². The summed E-state index contributed by atoms with van der Waals surface area (Å²) in [5.41, 5.74) is 2.22. The quantitative estimate of drug-likeness (QED) is 0.612. The molecule has 0 N–H and O–H groups in total. The number of para-hydroxylation sites is 2. The van der Waals surface area contributed by atoms with E-state index in [0.717, 1.165) is 17.1 Å². The van der Waals surface area contributed by atoms with Gasteiger partial charge in [-0.15, -0.1) is 0 Å². The van der Waals surface area contributed by atoms with Crippen LogP contribution in [0.2, 0.25) is 0 Å². The molecule has 0 bridgehead atoms. The normalized spacial score (nSPS) is 12.6. The van der Waals surface area contributed by atoms with E-state index in [1.807, 2.05) is 42.6 Å². The highest BCUT2D eigenvalue weighted by Crippen LogP contribution is 2.27. The van der Waals surface area contributed by atoms with Crippen molar-refractivity contribution in [3.63, 3.8) is 0 Å². The van der Waals surface area contributed by atoms with Gasteiger partial charge >= 0.3 is 0 Å². The van der Waals surface area contributed by atoms with Gasteiger partial charge in [0.05, 0.1) is 11.9 Å². The smallest absolute Gasteiger partial charge is 0.150 e. The van der Waals surface area contributed by atoms with Gasteiger partial charge in [0.15, 0.2) is 0 Å². The summed E-state index contributed by atoms with van der Waals surface area (Å²) in [5, 5.41) is 0. The van der Waals surface area contributed by atoms with Crippen molar-refractivity contribution in [2.75, 3.05) is 0 Å². The van der Waals surface area contributed by atoms with E-state index >= 15 is 0 Å². The molecular formula is C12H9NO. The summed E-state index contributed by atoms with van der Waals surface area (Å²) in [6, 6.07) is 12.1. The minimum atomic E-state index is 0.888. The van der Waals surface area contributed by atoms with Crippen LogP contribution in [0.4, 0.5) is 0 Å². The zero-order valence-corrected chi connectivity index (χ0v) is 7.55. The average Bonchev–Trinajstić information content (AvgIpc) is 2.61. The van der Waals surface area contributed by atoms with Gasteiger partial charge in [-0.25, -0.2) is 0 Å². The molecule has 1 aromatic heterocycles. The summed E-state index contributed by atoms with van der Waals surface area (Å²) in [7, 11) is 0. The van der Waals surface area contributed by atoms with Crippen molar-refractivity contribution in [2.45, 2.75) is 0 Å². The Balaban J connectivity index is 2.33. The standard InChI is InChI=1S/C12H9NO/c1-2-6-12-11(5-1)13-8-3-4-10(13)7-9-14-12/h1-9H. The van der Waals surface area contributed by atoms with Gasteiger partial charge in [0.25, 0.3) is 0 Å². The minimum absolute atomic E-state index is 0.888. The number of aromatic nitrogens is 1. The maximum Gasteiger partial charge on any atom is 0.150 e. The lowest BCUT2D eigenvalue weighted by Crippen LogP contribution is -1.94. The SMILES string of the molecule is C1=Cc2cccn2-c2ccccc2O1. The summed E-state index contributed by atoms with van der Waals surface area (Å²) < 4.78 is 7.60. The second-order valence-corrected chi connectivity index (χ2v) is 3.19. The maximum absolute atomic E-state index is 5.49. The summed E-state index contributed by atoms with van der Waals surface area (Å²) in [6.45, 7) is 0. The van der Waals surface area contributed by atoms with Crippen LogP contribution in [0.1, 0.15) is 5.69 Å². The molecular weight excluding hydrogens is 174 g/mol. The Hall–Kier alpha value is -1.96. The predicted molar refractivity (Wildman–Crippen MR) is 55.4 cm³/mol. The van der Waals surface area contributed by atoms with Crippen LogP contribution in [0.5, 0.6) is 5.75 Å². The second kappa shape index (κ2) is 2.77. The summed E-state index contributed by atoms with van der Waals surface area (Å²) >= 11 is 0. The largest absolute Gasteiger partial charge is 0.463 e. The third kappa shape index (κ3) is 0.973. The second-order valence-electron chi connectivity index (χ2n) is 3.19. The molecule has 0 aliphatic carbocycles. The molecule has 0 saturated carbocycles. The number of ether oxygens (including phenoxy) is 1. The van der Waals surface area contributed by atoms with E-state index in [-0.39, 0.29) is 0 Å². The lowest BCUT2D eigenvalue weighted by Gasteiger charge is -2.07. The zero-order chi connectivity index (χ0) is 9.38. The van der Waals surface area contributed by atoms with Crippen molar-refractivity contribution in [3.05, 3.63) is 54.6 Å². The van der Waals surface area contributed by atoms with E-state index < -0.39 is 0 Å². The molecule has 0 radical (unpaired) electrons. The van der Waals surface area contributed by atoms with Gasteiger partial charge in [-0.3, -0.25) is 0 Å². The molecule has 1 aliphatic rings. The molecule has 0 fully saturated rings. The molecule has 0 atom stereocenters. The van der Waals surface area contributed by atoms with Crippen LogP contribution in [0.3, 0.4) is 0 Å². The van der Waals surface area contributed by atoms with Gasteiger partial charge in [-0.2, -0.15) is 0 Å². The van der Waals surface area contributed by atoms with Crippen LogP contribution in [-0.2, 0) is 0 Å². The molecule has 2 aromatic rings. The van der Waals surface area contributed by atoms with Gasteiger partial charge in [0.2, 0.25) is 0 Å². The fourth-order valence-corrected chi connectivity index (χ4v) is 1.68. The number of benzene rings is 1. The molecule has 0 saturated heterocycles. The molecule has 2 heteroatoms. The molecule has 0 unspecified atom stereocenters. The van der Waals surface area contributed by atoms with Gasteiger partial charge in [0, 0.05) is 11.9 Å². The van der Waals surface area contributed by atoms with Crippen molar-refractivity contribution in [1.29, 1.82) is 0 Å². The molecule has 1 aromatic carbocycles. The Labute approximate surface area is 82.1 Å². The van der Waals surface area contributed by atoms with Gasteiger partial charge in [-0.05, 0) is 30.3 Å². The first kappa shape index (κ1) is 7.44. The van der Waals surface area contributed by atoms with Gasteiger partial charge < -0.3 is 9.30 Å². The fourth-order valence-electron chi connectivity index (χ4n) is 1.68. The van der Waals surface area contributed by atoms with Gasteiger partial charge in [0.1, 0.15) is 5.75 Å². The zero-order valence-electron chi connectivity index (χ0n) is 7.55. The van der Waals surface area contributed by atoms with Crippen LogP contribution in [0.25, 0.3) is 11.8 Å². The highest BCUT2D eigenvalue weighted by Gasteiger charge is 2.09. The molecule has 1 aliphatic heterocycles. The van der Waals surface area contributed by atoms with E-state index in [9.17, 15) is 0 Å². The third-order valence-corrected chi connectivity index (χ3v) is 2.34. The lowest BCUT2D eigenvalue weighted by atomic mass is 10.3. The minimum Gasteiger partial charge on any atom is -0.463 e. The Morgan fingerprint density at radius 2 is 1.93 bits per heavy atom. The van der Waals surface area contributed by atoms with Crippen molar-refractivity contribution >= 4 is 6.08 Å². The van der Waals surface area contributed by atoms with Crippen molar-refractivity contribution in [1.82, 2.24) is 4.57 Å². The monoisotopic (exact) mass is 183 g/mol.